The number of benzene rings is 11. The lowest BCUT2D eigenvalue weighted by molar-refractivity contribution is 1.18. The summed E-state index contributed by atoms with van der Waals surface area (Å²) in [6, 6.07) is 92.9. The molecule has 0 bridgehead atoms. The van der Waals surface area contributed by atoms with Crippen LogP contribution in [0.25, 0.3) is 93.5 Å². The number of rotatable bonds is 8. The van der Waals surface area contributed by atoms with Gasteiger partial charge in [0.15, 0.2) is 0 Å². The van der Waals surface area contributed by atoms with E-state index in [1.54, 1.807) is 0 Å². The van der Waals surface area contributed by atoms with Crippen LogP contribution in [-0.2, 0) is 0 Å². The topological polar surface area (TPSA) is 8.17 Å². The summed E-state index contributed by atoms with van der Waals surface area (Å²) in [6.07, 6.45) is 0. The molecule has 12 aromatic rings. The van der Waals surface area contributed by atoms with Crippen molar-refractivity contribution in [3.8, 4) is 50.2 Å². The molecule has 1 aromatic heterocycles. The van der Waals surface area contributed by atoms with Crippen molar-refractivity contribution < 1.29 is 0 Å². The minimum atomic E-state index is 1.07. The second kappa shape index (κ2) is 15.8. The molecule has 2 nitrogen and oxygen atoms in total. The summed E-state index contributed by atoms with van der Waals surface area (Å²) in [5.74, 6) is 0. The second-order valence-electron chi connectivity index (χ2n) is 16.4. The number of anilines is 3. The smallest absolute Gasteiger partial charge is 0.0619 e. The van der Waals surface area contributed by atoms with Gasteiger partial charge in [-0.3, -0.25) is 0 Å². The summed E-state index contributed by atoms with van der Waals surface area (Å²) < 4.78 is 2.54. The van der Waals surface area contributed by atoms with Crippen molar-refractivity contribution in [2.24, 2.45) is 0 Å². The third-order valence-electron chi connectivity index (χ3n) is 12.8. The van der Waals surface area contributed by atoms with Crippen molar-refractivity contribution in [2.75, 3.05) is 4.90 Å². The van der Waals surface area contributed by atoms with Crippen molar-refractivity contribution in [3.63, 3.8) is 0 Å². The summed E-state index contributed by atoms with van der Waals surface area (Å²) >= 11 is 0. The van der Waals surface area contributed by atoms with Gasteiger partial charge in [0.25, 0.3) is 0 Å². The Morgan fingerprint density at radius 2 is 0.719 bits per heavy atom. The number of hydrogen-bond donors (Lipinski definition) is 0. The zero-order valence-electron chi connectivity index (χ0n) is 35.1. The van der Waals surface area contributed by atoms with Crippen LogP contribution >= 0.6 is 0 Å². The molecule has 1 heterocycles. The van der Waals surface area contributed by atoms with Gasteiger partial charge in [0.2, 0.25) is 0 Å². The standard InChI is InChI=1S/C62H42N2/c1-3-18-43(19-4-1)44-36-38-48(39-37-44)63(59-34-13-11-28-52(59)47-20-5-2-6-21-47)49-40-41-56-55-29-12-14-35-60(55)64(61(56)42-49)62-57(53-30-15-24-45-22-7-9-26-50(45)53)32-17-33-58(62)54-31-16-25-46-23-8-10-27-51(46)54/h1-42H. The molecule has 0 fully saturated rings. The van der Waals surface area contributed by atoms with Crippen molar-refractivity contribution >= 4 is 60.4 Å². The van der Waals surface area contributed by atoms with Crippen molar-refractivity contribution in [1.82, 2.24) is 4.57 Å². The summed E-state index contributed by atoms with van der Waals surface area (Å²) in [7, 11) is 0. The lowest BCUT2D eigenvalue weighted by Crippen LogP contribution is -2.11. The lowest BCUT2D eigenvalue weighted by atomic mass is 9.90. The minimum absolute atomic E-state index is 1.07. The molecule has 0 aliphatic heterocycles. The van der Waals surface area contributed by atoms with E-state index in [4.69, 9.17) is 0 Å². The van der Waals surface area contributed by atoms with Gasteiger partial charge in [0.1, 0.15) is 0 Å². The molecular formula is C62H42N2. The Labute approximate surface area is 373 Å². The molecule has 0 atom stereocenters. The van der Waals surface area contributed by atoms with Crippen LogP contribution in [0.5, 0.6) is 0 Å². The number of hydrogen-bond acceptors (Lipinski definition) is 1. The van der Waals surface area contributed by atoms with Gasteiger partial charge in [-0.25, -0.2) is 0 Å². The van der Waals surface area contributed by atoms with E-state index < -0.39 is 0 Å². The molecule has 0 saturated heterocycles. The molecule has 300 valence electrons. The van der Waals surface area contributed by atoms with Gasteiger partial charge in [0, 0.05) is 38.8 Å². The van der Waals surface area contributed by atoms with E-state index in [2.05, 4.69) is 264 Å². The molecule has 11 aromatic carbocycles. The average Bonchev–Trinajstić information content (AvgIpc) is 3.70. The Balaban J connectivity index is 1.17. The van der Waals surface area contributed by atoms with E-state index >= 15 is 0 Å². The van der Waals surface area contributed by atoms with E-state index in [1.807, 2.05) is 0 Å². The van der Waals surface area contributed by atoms with Gasteiger partial charge in [0.05, 0.1) is 22.4 Å². The average molecular weight is 815 g/mol. The van der Waals surface area contributed by atoms with Crippen LogP contribution in [-0.4, -0.2) is 4.57 Å². The maximum atomic E-state index is 2.54. The largest absolute Gasteiger partial charge is 0.310 e. The van der Waals surface area contributed by atoms with E-state index in [1.165, 1.54) is 71.3 Å². The third-order valence-corrected chi connectivity index (χ3v) is 12.8. The van der Waals surface area contributed by atoms with E-state index in [-0.39, 0.29) is 0 Å². The molecule has 0 amide bonds. The van der Waals surface area contributed by atoms with Crippen LogP contribution < -0.4 is 4.90 Å². The molecule has 0 spiro atoms. The minimum Gasteiger partial charge on any atom is -0.310 e. The molecule has 64 heavy (non-hydrogen) atoms. The fourth-order valence-electron chi connectivity index (χ4n) is 9.87. The maximum absolute atomic E-state index is 2.54. The Morgan fingerprint density at radius 1 is 0.266 bits per heavy atom. The molecular weight excluding hydrogens is 773 g/mol. The van der Waals surface area contributed by atoms with Crippen LogP contribution in [0.3, 0.4) is 0 Å². The van der Waals surface area contributed by atoms with Crippen LogP contribution in [0.15, 0.2) is 255 Å². The molecule has 0 unspecified atom stereocenters. The summed E-state index contributed by atoms with van der Waals surface area (Å²) in [5, 5.41) is 7.31. The molecule has 0 radical (unpaired) electrons. The second-order valence-corrected chi connectivity index (χ2v) is 16.4. The highest BCUT2D eigenvalue weighted by Gasteiger charge is 2.24. The molecule has 12 rings (SSSR count). The molecule has 0 N–H and O–H groups in total. The van der Waals surface area contributed by atoms with E-state index in [0.717, 1.165) is 39.3 Å². The number of para-hydroxylation sites is 3. The molecule has 2 heteroatoms. The van der Waals surface area contributed by atoms with Crippen molar-refractivity contribution in [1.29, 1.82) is 0 Å². The van der Waals surface area contributed by atoms with Gasteiger partial charge in [-0.2, -0.15) is 0 Å². The third kappa shape index (κ3) is 6.35. The SMILES string of the molecule is c1ccc(-c2ccc(N(c3ccc4c5ccccc5n(-c5c(-c6cccc7ccccc67)cccc5-c5cccc6ccccc56)c4c3)c3ccccc3-c3ccccc3)cc2)cc1. The summed E-state index contributed by atoms with van der Waals surface area (Å²) in [6.45, 7) is 0. The first-order chi connectivity index (χ1) is 31.8. The first kappa shape index (κ1) is 37.3. The lowest BCUT2D eigenvalue weighted by Gasteiger charge is -2.28. The fourth-order valence-corrected chi connectivity index (χ4v) is 9.87. The highest BCUT2D eigenvalue weighted by atomic mass is 15.1. The quantitative estimate of drug-likeness (QED) is 0.148. The van der Waals surface area contributed by atoms with E-state index in [9.17, 15) is 0 Å². The molecule has 0 aliphatic carbocycles. The van der Waals surface area contributed by atoms with Crippen LogP contribution in [0.1, 0.15) is 0 Å². The predicted octanol–water partition coefficient (Wildman–Crippen LogP) is 17.2. The number of nitrogens with zero attached hydrogens (tertiary/aromatic N) is 2. The van der Waals surface area contributed by atoms with Gasteiger partial charge in [-0.05, 0) is 85.8 Å². The first-order valence-corrected chi connectivity index (χ1v) is 22.0. The molecule has 0 saturated carbocycles. The Morgan fingerprint density at radius 3 is 1.39 bits per heavy atom. The first-order valence-electron chi connectivity index (χ1n) is 22.0. The number of aromatic nitrogens is 1. The van der Waals surface area contributed by atoms with Gasteiger partial charge < -0.3 is 9.47 Å². The predicted molar refractivity (Wildman–Crippen MR) is 272 cm³/mol. The van der Waals surface area contributed by atoms with E-state index in [0.29, 0.717) is 0 Å². The van der Waals surface area contributed by atoms with Crippen molar-refractivity contribution in [2.45, 2.75) is 0 Å². The zero-order chi connectivity index (χ0) is 42.4. The normalized spacial score (nSPS) is 11.4. The van der Waals surface area contributed by atoms with Crippen LogP contribution in [0, 0.1) is 0 Å². The van der Waals surface area contributed by atoms with Gasteiger partial charge >= 0.3 is 0 Å². The highest BCUT2D eigenvalue weighted by Crippen LogP contribution is 2.47. The maximum Gasteiger partial charge on any atom is 0.0619 e. The highest BCUT2D eigenvalue weighted by molar-refractivity contribution is 6.13. The number of fused-ring (bicyclic) bond motifs is 5. The van der Waals surface area contributed by atoms with Gasteiger partial charge in [-0.15, -0.1) is 0 Å². The summed E-state index contributed by atoms with van der Waals surface area (Å²) in [4.78, 5) is 2.43. The molecule has 0 aliphatic rings. The summed E-state index contributed by atoms with van der Waals surface area (Å²) in [5.41, 5.74) is 16.2. The van der Waals surface area contributed by atoms with Crippen molar-refractivity contribution in [3.05, 3.63) is 255 Å². The Hall–Kier alpha value is -8.46. The Kier molecular flexibility index (Phi) is 9.20. The zero-order valence-corrected chi connectivity index (χ0v) is 35.1. The van der Waals surface area contributed by atoms with Crippen LogP contribution in [0.2, 0.25) is 0 Å². The van der Waals surface area contributed by atoms with Crippen LogP contribution in [0.4, 0.5) is 17.1 Å². The fraction of sp³-hybridized carbons (Fsp3) is 0. The monoisotopic (exact) mass is 814 g/mol. The van der Waals surface area contributed by atoms with Gasteiger partial charge in [-0.1, -0.05) is 218 Å². The Bertz CT molecular complexity index is 3550.